The highest BCUT2D eigenvalue weighted by Gasteiger charge is 2.18. The van der Waals surface area contributed by atoms with Crippen LogP contribution in [0.5, 0.6) is 11.5 Å². The minimum absolute atomic E-state index is 0.745. The summed E-state index contributed by atoms with van der Waals surface area (Å²) in [5.41, 5.74) is 7.71. The third-order valence-corrected chi connectivity index (χ3v) is 4.84. The molecule has 0 atom stereocenters. The predicted molar refractivity (Wildman–Crippen MR) is 93.7 cm³/mol. The zero-order chi connectivity index (χ0) is 16.6. The molecule has 0 amide bonds. The van der Waals surface area contributed by atoms with Gasteiger partial charge >= 0.3 is 0 Å². The molecule has 0 fully saturated rings. The largest absolute Gasteiger partial charge is 0.496 e. The van der Waals surface area contributed by atoms with E-state index in [1.54, 1.807) is 14.2 Å². The molecule has 0 saturated carbocycles. The molecule has 0 aliphatic rings. The molecule has 0 saturated heterocycles. The average molecular weight is 319 g/mol. The molecule has 0 heterocycles. The van der Waals surface area contributed by atoms with Crippen LogP contribution in [0.25, 0.3) is 11.1 Å². The van der Waals surface area contributed by atoms with Crippen molar-refractivity contribution < 1.29 is 9.47 Å². The standard InChI is InChI=1S/C19H23ClO2/c1-10-8-15(12(3)13(4)18(10)21-6)16-9-11(2)19(22-7)14(5)17(16)20/h8-9H,1-7H3. The normalized spacial score (nSPS) is 10.7. The molecule has 3 heteroatoms. The number of hydrogen-bond acceptors (Lipinski definition) is 2. The van der Waals surface area contributed by atoms with Gasteiger partial charge in [-0.3, -0.25) is 0 Å². The van der Waals surface area contributed by atoms with Gasteiger partial charge in [0.05, 0.1) is 19.2 Å². The fourth-order valence-corrected chi connectivity index (χ4v) is 3.35. The third-order valence-electron chi connectivity index (χ3n) is 4.35. The van der Waals surface area contributed by atoms with Crippen molar-refractivity contribution in [1.29, 1.82) is 0 Å². The second-order valence-corrected chi connectivity index (χ2v) is 6.12. The first kappa shape index (κ1) is 16.7. The van der Waals surface area contributed by atoms with E-state index >= 15 is 0 Å². The molecule has 118 valence electrons. The first-order valence-corrected chi connectivity index (χ1v) is 7.70. The summed E-state index contributed by atoms with van der Waals surface area (Å²) >= 11 is 6.62. The molecule has 2 rings (SSSR count). The molecule has 0 bridgehead atoms. The average Bonchev–Trinajstić information content (AvgIpc) is 2.48. The van der Waals surface area contributed by atoms with Crippen LogP contribution < -0.4 is 9.47 Å². The monoisotopic (exact) mass is 318 g/mol. The molecule has 0 spiro atoms. The Morgan fingerprint density at radius 1 is 0.682 bits per heavy atom. The van der Waals surface area contributed by atoms with E-state index in [9.17, 15) is 0 Å². The minimum atomic E-state index is 0.745. The van der Waals surface area contributed by atoms with Gasteiger partial charge in [0, 0.05) is 11.1 Å². The fraction of sp³-hybridized carbons (Fsp3) is 0.368. The lowest BCUT2D eigenvalue weighted by atomic mass is 9.91. The van der Waals surface area contributed by atoms with Crippen molar-refractivity contribution in [2.24, 2.45) is 0 Å². The molecule has 2 aromatic carbocycles. The summed E-state index contributed by atoms with van der Waals surface area (Å²) in [5, 5.41) is 0.745. The Morgan fingerprint density at radius 3 is 1.64 bits per heavy atom. The number of aryl methyl sites for hydroxylation is 2. The van der Waals surface area contributed by atoms with Gasteiger partial charge in [-0.1, -0.05) is 11.6 Å². The maximum atomic E-state index is 6.62. The Kier molecular flexibility index (Phi) is 4.72. The Morgan fingerprint density at radius 2 is 1.14 bits per heavy atom. The van der Waals surface area contributed by atoms with Gasteiger partial charge in [0.1, 0.15) is 11.5 Å². The van der Waals surface area contributed by atoms with Crippen LogP contribution in [0.1, 0.15) is 27.8 Å². The van der Waals surface area contributed by atoms with Crippen molar-refractivity contribution in [3.05, 3.63) is 45.0 Å². The Bertz CT molecular complexity index is 670. The van der Waals surface area contributed by atoms with E-state index < -0.39 is 0 Å². The summed E-state index contributed by atoms with van der Waals surface area (Å²) in [4.78, 5) is 0. The number of rotatable bonds is 3. The second kappa shape index (κ2) is 6.21. The van der Waals surface area contributed by atoms with Gasteiger partial charge in [-0.2, -0.15) is 0 Å². The highest BCUT2D eigenvalue weighted by Crippen LogP contribution is 2.41. The summed E-state index contributed by atoms with van der Waals surface area (Å²) in [5.74, 6) is 1.80. The number of ether oxygens (including phenoxy) is 2. The molecule has 0 unspecified atom stereocenters. The predicted octanol–water partition coefficient (Wildman–Crippen LogP) is 5.57. The molecular weight excluding hydrogens is 296 g/mol. The molecular formula is C19H23ClO2. The van der Waals surface area contributed by atoms with Crippen LogP contribution >= 0.6 is 11.6 Å². The third kappa shape index (κ3) is 2.56. The Hall–Kier alpha value is -1.67. The highest BCUT2D eigenvalue weighted by atomic mass is 35.5. The number of hydrogen-bond donors (Lipinski definition) is 0. The molecule has 22 heavy (non-hydrogen) atoms. The lowest BCUT2D eigenvalue weighted by Crippen LogP contribution is -1.99. The van der Waals surface area contributed by atoms with Crippen molar-refractivity contribution >= 4 is 11.6 Å². The first-order chi connectivity index (χ1) is 10.3. The van der Waals surface area contributed by atoms with Gasteiger partial charge < -0.3 is 9.47 Å². The van der Waals surface area contributed by atoms with E-state index in [1.165, 1.54) is 5.56 Å². The van der Waals surface area contributed by atoms with Crippen LogP contribution in [-0.4, -0.2) is 14.2 Å². The quantitative estimate of drug-likeness (QED) is 0.737. The van der Waals surface area contributed by atoms with E-state index in [0.717, 1.165) is 49.9 Å². The summed E-state index contributed by atoms with van der Waals surface area (Å²) in [7, 11) is 3.39. The SMILES string of the molecule is COc1c(C)cc(-c2cc(C)c(OC)c(C)c2Cl)c(C)c1C. The van der Waals surface area contributed by atoms with Crippen molar-refractivity contribution in [2.45, 2.75) is 34.6 Å². The summed E-state index contributed by atoms with van der Waals surface area (Å²) in [6, 6.07) is 4.25. The maximum Gasteiger partial charge on any atom is 0.126 e. The maximum absolute atomic E-state index is 6.62. The van der Waals surface area contributed by atoms with E-state index in [2.05, 4.69) is 32.9 Å². The zero-order valence-electron chi connectivity index (χ0n) is 14.3. The van der Waals surface area contributed by atoms with Crippen LogP contribution in [0.4, 0.5) is 0 Å². The molecule has 0 radical (unpaired) electrons. The van der Waals surface area contributed by atoms with Crippen LogP contribution in [0, 0.1) is 34.6 Å². The summed E-state index contributed by atoms with van der Waals surface area (Å²) < 4.78 is 11.0. The Labute approximate surface area is 138 Å². The van der Waals surface area contributed by atoms with Gasteiger partial charge in [0.15, 0.2) is 0 Å². The molecule has 0 N–H and O–H groups in total. The second-order valence-electron chi connectivity index (χ2n) is 5.74. The molecule has 0 aliphatic carbocycles. The van der Waals surface area contributed by atoms with Gasteiger partial charge in [-0.15, -0.1) is 0 Å². The molecule has 2 nitrogen and oxygen atoms in total. The molecule has 0 aliphatic heterocycles. The lowest BCUT2D eigenvalue weighted by Gasteiger charge is -2.19. The van der Waals surface area contributed by atoms with Crippen molar-refractivity contribution in [3.8, 4) is 22.6 Å². The van der Waals surface area contributed by atoms with Crippen molar-refractivity contribution in [2.75, 3.05) is 14.2 Å². The highest BCUT2D eigenvalue weighted by molar-refractivity contribution is 6.34. The van der Waals surface area contributed by atoms with Crippen LogP contribution in [0.2, 0.25) is 5.02 Å². The van der Waals surface area contributed by atoms with Crippen molar-refractivity contribution in [1.82, 2.24) is 0 Å². The van der Waals surface area contributed by atoms with E-state index in [4.69, 9.17) is 21.1 Å². The topological polar surface area (TPSA) is 18.5 Å². The number of halogens is 1. The van der Waals surface area contributed by atoms with Crippen LogP contribution in [-0.2, 0) is 0 Å². The zero-order valence-corrected chi connectivity index (χ0v) is 15.1. The van der Waals surface area contributed by atoms with Gasteiger partial charge in [0.2, 0.25) is 0 Å². The minimum Gasteiger partial charge on any atom is -0.496 e. The van der Waals surface area contributed by atoms with Crippen LogP contribution in [0.15, 0.2) is 12.1 Å². The van der Waals surface area contributed by atoms with Crippen molar-refractivity contribution in [3.63, 3.8) is 0 Å². The van der Waals surface area contributed by atoms with E-state index in [-0.39, 0.29) is 0 Å². The Balaban J connectivity index is 2.78. The van der Waals surface area contributed by atoms with E-state index in [0.29, 0.717) is 0 Å². The van der Waals surface area contributed by atoms with Crippen LogP contribution in [0.3, 0.4) is 0 Å². The smallest absolute Gasteiger partial charge is 0.126 e. The fourth-order valence-electron chi connectivity index (χ4n) is 3.11. The summed E-state index contributed by atoms with van der Waals surface area (Å²) in [6.45, 7) is 10.3. The van der Waals surface area contributed by atoms with Gasteiger partial charge in [-0.05, 0) is 74.6 Å². The number of methoxy groups -OCH3 is 2. The molecule has 2 aromatic rings. The lowest BCUT2D eigenvalue weighted by molar-refractivity contribution is 0.408. The molecule has 0 aromatic heterocycles. The first-order valence-electron chi connectivity index (χ1n) is 7.32. The van der Waals surface area contributed by atoms with Gasteiger partial charge in [0.25, 0.3) is 0 Å². The van der Waals surface area contributed by atoms with Gasteiger partial charge in [-0.25, -0.2) is 0 Å². The van der Waals surface area contributed by atoms with E-state index in [1.807, 2.05) is 13.8 Å². The summed E-state index contributed by atoms with van der Waals surface area (Å²) in [6.07, 6.45) is 0. The number of benzene rings is 2.